The van der Waals surface area contributed by atoms with Crippen molar-refractivity contribution >= 4 is 22.9 Å². The molecule has 0 saturated carbocycles. The van der Waals surface area contributed by atoms with Gasteiger partial charge in [-0.1, -0.05) is 11.8 Å². The minimum Gasteiger partial charge on any atom is -0.370 e. The van der Waals surface area contributed by atoms with E-state index in [4.69, 9.17) is 22.1 Å². The van der Waals surface area contributed by atoms with Gasteiger partial charge in [0.1, 0.15) is 0 Å². The van der Waals surface area contributed by atoms with E-state index in [0.29, 0.717) is 12.2 Å². The Morgan fingerprint density at radius 2 is 2.14 bits per heavy atom. The highest BCUT2D eigenvalue weighted by atomic mass is 32.2. The average Bonchev–Trinajstić information content (AvgIpc) is 2.02. The third-order valence-corrected chi connectivity index (χ3v) is 2.27. The van der Waals surface area contributed by atoms with Gasteiger partial charge in [0, 0.05) is 5.75 Å². The molecule has 0 spiro atoms. The lowest BCUT2D eigenvalue weighted by atomic mass is 9.93. The fourth-order valence-corrected chi connectivity index (χ4v) is 1.58. The molecule has 14 heavy (non-hydrogen) atoms. The predicted molar refractivity (Wildman–Crippen MR) is 60.0 cm³/mol. The average molecular weight is 213 g/mol. The molecule has 0 aromatic carbocycles. The van der Waals surface area contributed by atoms with Crippen molar-refractivity contribution in [3.63, 3.8) is 0 Å². The number of rotatable bonds is 3. The number of nitrogens with two attached hydrogens (primary N) is 2. The first-order chi connectivity index (χ1) is 6.37. The van der Waals surface area contributed by atoms with Gasteiger partial charge in [0.25, 0.3) is 0 Å². The summed E-state index contributed by atoms with van der Waals surface area (Å²) >= 11 is 1.23. The minimum absolute atomic E-state index is 0.0822. The van der Waals surface area contributed by atoms with Crippen LogP contribution < -0.4 is 11.5 Å². The van der Waals surface area contributed by atoms with E-state index < -0.39 is 0 Å². The summed E-state index contributed by atoms with van der Waals surface area (Å²) in [5.41, 5.74) is 9.84. The second-order valence-electron chi connectivity index (χ2n) is 3.44. The maximum atomic E-state index is 8.72. The van der Waals surface area contributed by atoms with Gasteiger partial charge in [-0.05, 0) is 20.3 Å². The molecule has 5 N–H and O–H groups in total. The first-order valence-corrected chi connectivity index (χ1v) is 5.08. The molecule has 0 aliphatic rings. The first-order valence-electron chi connectivity index (χ1n) is 4.09. The molecule has 0 unspecified atom stereocenters. The first kappa shape index (κ1) is 12.8. The molecule has 0 amide bonds. The fourth-order valence-electron chi connectivity index (χ4n) is 0.608. The molecule has 78 valence electrons. The van der Waals surface area contributed by atoms with E-state index in [1.165, 1.54) is 11.8 Å². The quantitative estimate of drug-likeness (QED) is 0.477. The molecule has 0 atom stereocenters. The van der Waals surface area contributed by atoms with Crippen molar-refractivity contribution in [1.29, 1.82) is 10.7 Å². The number of hydrogen-bond donors (Lipinski definition) is 3. The lowest BCUT2D eigenvalue weighted by molar-refractivity contribution is 0.482. The van der Waals surface area contributed by atoms with E-state index in [2.05, 4.69) is 11.1 Å². The van der Waals surface area contributed by atoms with E-state index >= 15 is 0 Å². The highest BCUT2D eigenvalue weighted by Crippen LogP contribution is 2.21. The van der Waals surface area contributed by atoms with Gasteiger partial charge in [0.15, 0.2) is 11.1 Å². The maximum Gasteiger partial charge on any atom is 0.193 e. The van der Waals surface area contributed by atoms with Gasteiger partial charge in [0.2, 0.25) is 0 Å². The Labute approximate surface area is 88.1 Å². The molecule has 0 heterocycles. The summed E-state index contributed by atoms with van der Waals surface area (Å²) in [6.45, 7) is 3.72. The van der Waals surface area contributed by atoms with Gasteiger partial charge >= 0.3 is 0 Å². The van der Waals surface area contributed by atoms with Crippen LogP contribution in [-0.4, -0.2) is 16.9 Å². The summed E-state index contributed by atoms with van der Waals surface area (Å²) in [7, 11) is 0. The van der Waals surface area contributed by atoms with Crippen molar-refractivity contribution in [3.8, 4) is 6.07 Å². The molecule has 0 fully saturated rings. The Morgan fingerprint density at radius 1 is 1.57 bits per heavy atom. The molecule has 0 aliphatic carbocycles. The lowest BCUT2D eigenvalue weighted by Crippen LogP contribution is -2.23. The van der Waals surface area contributed by atoms with Crippen LogP contribution >= 0.6 is 11.8 Å². The molecule has 0 rings (SSSR count). The number of amidine groups is 1. The van der Waals surface area contributed by atoms with Crippen LogP contribution in [-0.2, 0) is 0 Å². The van der Waals surface area contributed by atoms with Crippen LogP contribution in [0.25, 0.3) is 0 Å². The summed E-state index contributed by atoms with van der Waals surface area (Å²) in [6.07, 6.45) is 0.705. The molecule has 0 bridgehead atoms. The lowest BCUT2D eigenvalue weighted by Gasteiger charge is -2.13. The zero-order valence-corrected chi connectivity index (χ0v) is 9.19. The Balaban J connectivity index is 3.83. The molecule has 5 nitrogen and oxygen atoms in total. The van der Waals surface area contributed by atoms with Crippen LogP contribution in [0.2, 0.25) is 0 Å². The standard InChI is InChI=1S/C8H15N5S/c1-8(2,5-9)3-4-14-7(12)13-6(10)11/h3-4H2,1-2H3,(H5,10,11,12,13). The van der Waals surface area contributed by atoms with E-state index in [0.717, 1.165) is 0 Å². The summed E-state index contributed by atoms with van der Waals surface area (Å²) in [5, 5.41) is 16.1. The third kappa shape index (κ3) is 6.31. The number of aliphatic imine (C=N–C) groups is 1. The van der Waals surface area contributed by atoms with Crippen molar-refractivity contribution in [2.45, 2.75) is 20.3 Å². The Hall–Kier alpha value is -1.22. The summed E-state index contributed by atoms with van der Waals surface area (Å²) in [5.74, 6) is 0.554. The predicted octanol–water partition coefficient (Wildman–Crippen LogP) is 0.868. The van der Waals surface area contributed by atoms with E-state index in [1.54, 1.807) is 0 Å². The number of nitrogens with zero attached hydrogens (tertiary/aromatic N) is 2. The zero-order valence-electron chi connectivity index (χ0n) is 8.37. The van der Waals surface area contributed by atoms with Crippen LogP contribution in [0, 0.1) is 22.2 Å². The van der Waals surface area contributed by atoms with Gasteiger partial charge < -0.3 is 11.5 Å². The van der Waals surface area contributed by atoms with Crippen molar-refractivity contribution in [2.24, 2.45) is 21.9 Å². The molecule has 0 aromatic heterocycles. The topological polar surface area (TPSA) is 112 Å². The molecule has 0 saturated heterocycles. The van der Waals surface area contributed by atoms with Crippen LogP contribution in [0.5, 0.6) is 0 Å². The zero-order chi connectivity index (χ0) is 11.2. The number of hydrogen-bond acceptors (Lipinski definition) is 3. The second kappa shape index (κ2) is 5.50. The number of guanidine groups is 1. The fraction of sp³-hybridized carbons (Fsp3) is 0.625. The van der Waals surface area contributed by atoms with E-state index in [-0.39, 0.29) is 16.5 Å². The van der Waals surface area contributed by atoms with Gasteiger partial charge in [-0.3, -0.25) is 5.41 Å². The van der Waals surface area contributed by atoms with Gasteiger partial charge in [0.05, 0.1) is 11.5 Å². The third-order valence-electron chi connectivity index (χ3n) is 1.50. The molecular weight excluding hydrogens is 198 g/mol. The maximum absolute atomic E-state index is 8.72. The largest absolute Gasteiger partial charge is 0.370 e. The highest BCUT2D eigenvalue weighted by Gasteiger charge is 2.16. The second-order valence-corrected chi connectivity index (χ2v) is 4.52. The van der Waals surface area contributed by atoms with Gasteiger partial charge in [-0.15, -0.1) is 0 Å². The van der Waals surface area contributed by atoms with Crippen LogP contribution in [0.3, 0.4) is 0 Å². The van der Waals surface area contributed by atoms with E-state index in [1.807, 2.05) is 13.8 Å². The molecule has 0 aliphatic heterocycles. The van der Waals surface area contributed by atoms with Crippen molar-refractivity contribution < 1.29 is 0 Å². The smallest absolute Gasteiger partial charge is 0.193 e. The number of thioether (sulfide) groups is 1. The monoisotopic (exact) mass is 213 g/mol. The van der Waals surface area contributed by atoms with Crippen LogP contribution in [0.15, 0.2) is 4.99 Å². The summed E-state index contributed by atoms with van der Waals surface area (Å²) in [4.78, 5) is 3.56. The van der Waals surface area contributed by atoms with Crippen LogP contribution in [0.1, 0.15) is 20.3 Å². The molecular formula is C8H15N5S. The van der Waals surface area contributed by atoms with Crippen LogP contribution in [0.4, 0.5) is 0 Å². The summed E-state index contributed by atoms with van der Waals surface area (Å²) in [6, 6.07) is 2.19. The SMILES string of the molecule is CC(C)(C#N)CCSC(=N)N=C(N)N. The number of nitriles is 1. The van der Waals surface area contributed by atoms with Gasteiger partial charge in [-0.25, -0.2) is 0 Å². The van der Waals surface area contributed by atoms with Crippen molar-refractivity contribution in [2.75, 3.05) is 5.75 Å². The van der Waals surface area contributed by atoms with Crippen molar-refractivity contribution in [3.05, 3.63) is 0 Å². The Bertz CT molecular complexity index is 272. The Morgan fingerprint density at radius 3 is 2.57 bits per heavy atom. The number of nitrogens with one attached hydrogen (secondary N) is 1. The Kier molecular flexibility index (Phi) is 5.02. The van der Waals surface area contributed by atoms with E-state index in [9.17, 15) is 0 Å². The molecule has 6 heteroatoms. The molecule has 0 radical (unpaired) electrons. The van der Waals surface area contributed by atoms with Crippen molar-refractivity contribution in [1.82, 2.24) is 0 Å². The summed E-state index contributed by atoms with van der Waals surface area (Å²) < 4.78 is 0. The normalized spacial score (nSPS) is 10.4. The highest BCUT2D eigenvalue weighted by molar-refractivity contribution is 8.13. The minimum atomic E-state index is -0.356. The van der Waals surface area contributed by atoms with Gasteiger partial charge in [-0.2, -0.15) is 10.3 Å². The molecule has 0 aromatic rings.